The number of aromatic nitrogens is 4. The van der Waals surface area contributed by atoms with Gasteiger partial charge >= 0.3 is 12.1 Å². The van der Waals surface area contributed by atoms with Gasteiger partial charge in [0.15, 0.2) is 11.6 Å². The number of Topliss-reactive ketones (excluding diaryl/α,β-unsaturated/α-hetero) is 1. The Kier molecular flexibility index (Phi) is 8.94. The van der Waals surface area contributed by atoms with E-state index in [-0.39, 0.29) is 19.6 Å². The molecular formula is C22H21Cl2N5O5. The molecule has 0 spiro atoms. The number of aliphatic carboxylic acids is 1. The summed E-state index contributed by atoms with van der Waals surface area (Å²) in [7, 11) is 0. The zero-order valence-corrected chi connectivity index (χ0v) is 19.4. The van der Waals surface area contributed by atoms with Gasteiger partial charge in [0.1, 0.15) is 12.6 Å². The Hall–Kier alpha value is -3.50. The number of hydrogen-bond acceptors (Lipinski definition) is 7. The lowest BCUT2D eigenvalue weighted by Crippen LogP contribution is -2.44. The van der Waals surface area contributed by atoms with Crippen LogP contribution in [0.15, 0.2) is 48.5 Å². The van der Waals surface area contributed by atoms with E-state index in [0.717, 1.165) is 5.56 Å². The quantitative estimate of drug-likeness (QED) is 0.405. The molecule has 0 aliphatic rings. The molecule has 2 N–H and O–H groups in total. The molecule has 0 radical (unpaired) electrons. The van der Waals surface area contributed by atoms with Crippen molar-refractivity contribution < 1.29 is 24.2 Å². The third kappa shape index (κ3) is 7.26. The number of carbonyl (C=O) groups excluding carboxylic acids is 2. The molecule has 34 heavy (non-hydrogen) atoms. The number of nitrogens with zero attached hydrogens (tertiary/aromatic N) is 4. The van der Waals surface area contributed by atoms with Crippen LogP contribution in [0, 0.1) is 0 Å². The lowest BCUT2D eigenvalue weighted by Gasteiger charge is -2.16. The first kappa shape index (κ1) is 25.1. The van der Waals surface area contributed by atoms with Crippen molar-refractivity contribution >= 4 is 41.0 Å². The molecule has 12 heteroatoms. The Bertz CT molecular complexity index is 1140. The molecule has 3 rings (SSSR count). The van der Waals surface area contributed by atoms with Gasteiger partial charge in [-0.25, -0.2) is 9.48 Å². The molecule has 1 unspecified atom stereocenters. The molecule has 0 saturated heterocycles. The Morgan fingerprint density at radius 1 is 1.06 bits per heavy atom. The summed E-state index contributed by atoms with van der Waals surface area (Å²) < 4.78 is 6.31. The number of halogens is 2. The number of tetrazole rings is 1. The third-order valence-electron chi connectivity index (χ3n) is 4.83. The normalized spacial score (nSPS) is 11.6. The van der Waals surface area contributed by atoms with Crippen molar-refractivity contribution in [2.75, 3.05) is 6.61 Å². The Morgan fingerprint density at radius 2 is 1.76 bits per heavy atom. The standard InChI is InChI=1S/C22H21Cl2N5O5/c23-16-7-4-8-17(24)15(16)11-20-26-27-28-29(20)13-19(30)18(12-21(31)32)25-22(33)34-10-9-14-5-2-1-3-6-14/h1-8,18H,9-13H2,(H,25,33)(H,31,32). The van der Waals surface area contributed by atoms with Gasteiger partial charge in [0.2, 0.25) is 0 Å². The first-order chi connectivity index (χ1) is 16.3. The van der Waals surface area contributed by atoms with Crippen LogP contribution in [0.5, 0.6) is 0 Å². The molecule has 2 aromatic carbocycles. The van der Waals surface area contributed by atoms with E-state index in [9.17, 15) is 19.5 Å². The monoisotopic (exact) mass is 505 g/mol. The molecule has 178 valence electrons. The van der Waals surface area contributed by atoms with Crippen molar-refractivity contribution in [3.8, 4) is 0 Å². The lowest BCUT2D eigenvalue weighted by atomic mass is 10.1. The number of rotatable bonds is 11. The number of amides is 1. The van der Waals surface area contributed by atoms with E-state index in [1.54, 1.807) is 18.2 Å². The van der Waals surface area contributed by atoms with Crippen LogP contribution in [-0.2, 0) is 33.7 Å². The number of hydrogen-bond donors (Lipinski definition) is 2. The zero-order valence-electron chi connectivity index (χ0n) is 17.9. The van der Waals surface area contributed by atoms with Gasteiger partial charge in [-0.2, -0.15) is 0 Å². The highest BCUT2D eigenvalue weighted by atomic mass is 35.5. The van der Waals surface area contributed by atoms with E-state index in [4.69, 9.17) is 27.9 Å². The van der Waals surface area contributed by atoms with Crippen molar-refractivity contribution in [2.24, 2.45) is 0 Å². The first-order valence-electron chi connectivity index (χ1n) is 10.2. The number of carboxylic acids is 1. The van der Waals surface area contributed by atoms with Crippen LogP contribution in [0.1, 0.15) is 23.4 Å². The van der Waals surface area contributed by atoms with Crippen LogP contribution in [-0.4, -0.2) is 55.8 Å². The van der Waals surface area contributed by atoms with Gasteiger partial charge in [-0.1, -0.05) is 59.6 Å². The van der Waals surface area contributed by atoms with Crippen LogP contribution in [0.25, 0.3) is 0 Å². The van der Waals surface area contributed by atoms with E-state index >= 15 is 0 Å². The maximum Gasteiger partial charge on any atom is 0.407 e. The molecule has 0 bridgehead atoms. The average Bonchev–Trinajstić information content (AvgIpc) is 3.23. The highest BCUT2D eigenvalue weighted by Crippen LogP contribution is 2.26. The highest BCUT2D eigenvalue weighted by Gasteiger charge is 2.26. The largest absolute Gasteiger partial charge is 0.481 e. The van der Waals surface area contributed by atoms with Crippen molar-refractivity contribution in [1.29, 1.82) is 0 Å². The Morgan fingerprint density at radius 3 is 2.44 bits per heavy atom. The SMILES string of the molecule is O=C(O)CC(NC(=O)OCCc1ccccc1)C(=O)Cn1nnnc1Cc1c(Cl)cccc1Cl. The summed E-state index contributed by atoms with van der Waals surface area (Å²) in [6.07, 6.45) is -0.891. The highest BCUT2D eigenvalue weighted by molar-refractivity contribution is 6.36. The van der Waals surface area contributed by atoms with Gasteiger partial charge in [0.05, 0.1) is 13.0 Å². The topological polar surface area (TPSA) is 136 Å². The minimum Gasteiger partial charge on any atom is -0.481 e. The number of carboxylic acid groups (broad SMARTS) is 1. The van der Waals surface area contributed by atoms with Crippen LogP contribution >= 0.6 is 23.2 Å². The second-order valence-corrected chi connectivity index (χ2v) is 8.08. The third-order valence-corrected chi connectivity index (χ3v) is 5.54. The van der Waals surface area contributed by atoms with E-state index < -0.39 is 30.3 Å². The lowest BCUT2D eigenvalue weighted by molar-refractivity contribution is -0.139. The van der Waals surface area contributed by atoms with Gasteiger partial charge in [-0.05, 0) is 33.7 Å². The predicted molar refractivity (Wildman–Crippen MR) is 123 cm³/mol. The van der Waals surface area contributed by atoms with E-state index in [0.29, 0.717) is 27.9 Å². The van der Waals surface area contributed by atoms with Crippen molar-refractivity contribution in [1.82, 2.24) is 25.5 Å². The molecule has 1 aromatic heterocycles. The van der Waals surface area contributed by atoms with Crippen molar-refractivity contribution in [3.63, 3.8) is 0 Å². The molecular weight excluding hydrogens is 485 g/mol. The molecule has 1 amide bonds. The zero-order chi connectivity index (χ0) is 24.5. The number of ether oxygens (including phenoxy) is 1. The Balaban J connectivity index is 1.62. The molecule has 0 aliphatic heterocycles. The second kappa shape index (κ2) is 12.1. The number of carbonyl (C=O) groups is 3. The molecule has 3 aromatic rings. The summed E-state index contributed by atoms with van der Waals surface area (Å²) in [6.45, 7) is -0.299. The van der Waals surface area contributed by atoms with Gasteiger partial charge in [-0.15, -0.1) is 5.10 Å². The molecule has 0 fully saturated rings. The molecule has 0 saturated carbocycles. The fourth-order valence-corrected chi connectivity index (χ4v) is 3.63. The van der Waals surface area contributed by atoms with Crippen LogP contribution < -0.4 is 5.32 Å². The minimum absolute atomic E-state index is 0.0690. The summed E-state index contributed by atoms with van der Waals surface area (Å²) in [5.41, 5.74) is 1.55. The summed E-state index contributed by atoms with van der Waals surface area (Å²) in [5, 5.41) is 23.6. The predicted octanol–water partition coefficient (Wildman–Crippen LogP) is 2.95. The number of nitrogens with one attached hydrogen (secondary N) is 1. The minimum atomic E-state index is -1.33. The fraction of sp³-hybridized carbons (Fsp3) is 0.273. The van der Waals surface area contributed by atoms with Crippen LogP contribution in [0.4, 0.5) is 4.79 Å². The molecule has 10 nitrogen and oxygen atoms in total. The maximum absolute atomic E-state index is 12.8. The average molecular weight is 506 g/mol. The number of benzene rings is 2. The van der Waals surface area contributed by atoms with Gasteiger partial charge < -0.3 is 15.2 Å². The summed E-state index contributed by atoms with van der Waals surface area (Å²) in [4.78, 5) is 36.2. The molecule has 1 atom stereocenters. The Labute approximate surface area is 204 Å². The first-order valence-corrected chi connectivity index (χ1v) is 11.0. The summed E-state index contributed by atoms with van der Waals surface area (Å²) >= 11 is 12.4. The molecule has 1 heterocycles. The van der Waals surface area contributed by atoms with Crippen LogP contribution in [0.2, 0.25) is 10.0 Å². The van der Waals surface area contributed by atoms with Gasteiger partial charge in [0.25, 0.3) is 0 Å². The smallest absolute Gasteiger partial charge is 0.407 e. The maximum atomic E-state index is 12.8. The molecule has 0 aliphatic carbocycles. The summed E-state index contributed by atoms with van der Waals surface area (Å²) in [5.74, 6) is -1.58. The van der Waals surface area contributed by atoms with Crippen molar-refractivity contribution in [2.45, 2.75) is 31.8 Å². The second-order valence-electron chi connectivity index (χ2n) is 7.26. The fourth-order valence-electron chi connectivity index (χ4n) is 3.10. The van der Waals surface area contributed by atoms with Crippen LogP contribution in [0.3, 0.4) is 0 Å². The van der Waals surface area contributed by atoms with Gasteiger partial charge in [0, 0.05) is 22.9 Å². The van der Waals surface area contributed by atoms with Gasteiger partial charge in [-0.3, -0.25) is 9.59 Å². The summed E-state index contributed by atoms with van der Waals surface area (Å²) in [6, 6.07) is 13.1. The van der Waals surface area contributed by atoms with E-state index in [1.807, 2.05) is 30.3 Å². The van der Waals surface area contributed by atoms with E-state index in [1.165, 1.54) is 4.68 Å². The van der Waals surface area contributed by atoms with E-state index in [2.05, 4.69) is 20.8 Å². The number of ketones is 1. The number of alkyl carbamates (subject to hydrolysis) is 1. The van der Waals surface area contributed by atoms with Crippen molar-refractivity contribution in [3.05, 3.63) is 75.5 Å².